The van der Waals surface area contributed by atoms with E-state index >= 15 is 0 Å². The van der Waals surface area contributed by atoms with Crippen LogP contribution in [0.2, 0.25) is 0 Å². The topological polar surface area (TPSA) is 81.5 Å². The Morgan fingerprint density at radius 2 is 2.00 bits per heavy atom. The number of nitro groups is 1. The van der Waals surface area contributed by atoms with Crippen LogP contribution in [0.5, 0.6) is 5.75 Å². The lowest BCUT2D eigenvalue weighted by Gasteiger charge is -2.09. The molecule has 2 aromatic carbocycles. The maximum atomic E-state index is 12.2. The number of non-ortho nitro benzene ring substituents is 1. The molecule has 2 aromatic rings. The molecule has 23 heavy (non-hydrogen) atoms. The molecule has 1 amide bonds. The number of nitrogens with zero attached hydrogens (tertiary/aromatic N) is 1. The zero-order valence-corrected chi connectivity index (χ0v) is 12.6. The van der Waals surface area contributed by atoms with E-state index in [1.54, 1.807) is 24.3 Å². The maximum Gasteiger partial charge on any atom is 0.270 e. The molecule has 6 heteroatoms. The standard InChI is InChI=1S/C17H16N2O4/c1-12(2)11-23-16-8-4-6-14(10-16)18-17(20)13-5-3-7-15(9-13)19(21)22/h3-10H,1,11H2,2H3,(H,18,20). The fourth-order valence-electron chi connectivity index (χ4n) is 1.83. The molecule has 0 aliphatic rings. The van der Waals surface area contributed by atoms with E-state index in [1.807, 2.05) is 6.92 Å². The molecule has 0 bridgehead atoms. The Kier molecular flexibility index (Phi) is 5.09. The third-order valence-electron chi connectivity index (χ3n) is 2.90. The van der Waals surface area contributed by atoms with Gasteiger partial charge in [0.15, 0.2) is 0 Å². The van der Waals surface area contributed by atoms with Crippen molar-refractivity contribution in [3.63, 3.8) is 0 Å². The van der Waals surface area contributed by atoms with Gasteiger partial charge < -0.3 is 10.1 Å². The van der Waals surface area contributed by atoms with E-state index in [1.165, 1.54) is 24.3 Å². The minimum absolute atomic E-state index is 0.129. The van der Waals surface area contributed by atoms with Gasteiger partial charge in [-0.2, -0.15) is 0 Å². The van der Waals surface area contributed by atoms with E-state index in [0.717, 1.165) is 5.57 Å². The number of benzene rings is 2. The van der Waals surface area contributed by atoms with Crippen molar-refractivity contribution in [1.82, 2.24) is 0 Å². The van der Waals surface area contributed by atoms with E-state index in [0.29, 0.717) is 18.0 Å². The number of nitrogens with one attached hydrogen (secondary N) is 1. The molecule has 0 unspecified atom stereocenters. The summed E-state index contributed by atoms with van der Waals surface area (Å²) in [6, 6.07) is 12.5. The monoisotopic (exact) mass is 312 g/mol. The average Bonchev–Trinajstić information content (AvgIpc) is 2.53. The van der Waals surface area contributed by atoms with Crippen LogP contribution in [0.4, 0.5) is 11.4 Å². The molecule has 0 aromatic heterocycles. The number of carbonyl (C=O) groups is 1. The Balaban J connectivity index is 2.11. The first-order chi connectivity index (χ1) is 11.0. The summed E-state index contributed by atoms with van der Waals surface area (Å²) in [4.78, 5) is 22.4. The molecule has 0 saturated carbocycles. The number of amides is 1. The van der Waals surface area contributed by atoms with Crippen LogP contribution in [0.3, 0.4) is 0 Å². The lowest BCUT2D eigenvalue weighted by Crippen LogP contribution is -2.12. The molecule has 0 spiro atoms. The number of rotatable bonds is 6. The number of anilines is 1. The summed E-state index contributed by atoms with van der Waals surface area (Å²) in [6.45, 7) is 6.00. The zero-order valence-electron chi connectivity index (χ0n) is 12.6. The summed E-state index contributed by atoms with van der Waals surface area (Å²) in [5, 5.41) is 13.4. The summed E-state index contributed by atoms with van der Waals surface area (Å²) in [5.41, 5.74) is 1.51. The highest BCUT2D eigenvalue weighted by Gasteiger charge is 2.11. The Morgan fingerprint density at radius 1 is 1.26 bits per heavy atom. The second kappa shape index (κ2) is 7.22. The molecule has 0 heterocycles. The van der Waals surface area contributed by atoms with Crippen LogP contribution in [0.25, 0.3) is 0 Å². The van der Waals surface area contributed by atoms with Gasteiger partial charge in [0, 0.05) is 29.4 Å². The summed E-state index contributed by atoms with van der Waals surface area (Å²) in [7, 11) is 0. The normalized spacial score (nSPS) is 9.96. The van der Waals surface area contributed by atoms with Gasteiger partial charge in [-0.1, -0.05) is 18.7 Å². The molecular weight excluding hydrogens is 296 g/mol. The van der Waals surface area contributed by atoms with Crippen LogP contribution in [0, 0.1) is 10.1 Å². The number of carbonyl (C=O) groups excluding carboxylic acids is 1. The fourth-order valence-corrected chi connectivity index (χ4v) is 1.83. The predicted molar refractivity (Wildman–Crippen MR) is 87.8 cm³/mol. The molecule has 2 rings (SSSR count). The summed E-state index contributed by atoms with van der Waals surface area (Å²) < 4.78 is 5.51. The first kappa shape index (κ1) is 16.2. The Bertz CT molecular complexity index is 756. The Morgan fingerprint density at radius 3 is 2.70 bits per heavy atom. The van der Waals surface area contributed by atoms with Gasteiger partial charge in [0.05, 0.1) is 4.92 Å². The highest BCUT2D eigenvalue weighted by atomic mass is 16.6. The first-order valence-electron chi connectivity index (χ1n) is 6.89. The van der Waals surface area contributed by atoms with E-state index in [2.05, 4.69) is 11.9 Å². The second-order valence-corrected chi connectivity index (χ2v) is 5.04. The smallest absolute Gasteiger partial charge is 0.270 e. The molecule has 118 valence electrons. The van der Waals surface area contributed by atoms with Crippen molar-refractivity contribution in [3.05, 3.63) is 76.4 Å². The third-order valence-corrected chi connectivity index (χ3v) is 2.90. The molecule has 0 atom stereocenters. The van der Waals surface area contributed by atoms with Crippen molar-refractivity contribution in [2.24, 2.45) is 0 Å². The molecule has 0 aliphatic heterocycles. The highest BCUT2D eigenvalue weighted by molar-refractivity contribution is 6.04. The van der Waals surface area contributed by atoms with Crippen molar-refractivity contribution in [2.45, 2.75) is 6.92 Å². The van der Waals surface area contributed by atoms with Gasteiger partial charge in [0.1, 0.15) is 12.4 Å². The molecule has 1 N–H and O–H groups in total. The maximum absolute atomic E-state index is 12.2. The van der Waals surface area contributed by atoms with Crippen molar-refractivity contribution in [3.8, 4) is 5.75 Å². The number of ether oxygens (including phenoxy) is 1. The summed E-state index contributed by atoms with van der Waals surface area (Å²) >= 11 is 0. The van der Waals surface area contributed by atoms with Crippen LogP contribution in [0.1, 0.15) is 17.3 Å². The highest BCUT2D eigenvalue weighted by Crippen LogP contribution is 2.19. The van der Waals surface area contributed by atoms with Crippen LogP contribution >= 0.6 is 0 Å². The minimum Gasteiger partial charge on any atom is -0.489 e. The van der Waals surface area contributed by atoms with E-state index in [9.17, 15) is 14.9 Å². The summed E-state index contributed by atoms with van der Waals surface area (Å²) in [5.74, 6) is 0.176. The first-order valence-corrected chi connectivity index (χ1v) is 6.89. The largest absolute Gasteiger partial charge is 0.489 e. The van der Waals surface area contributed by atoms with Gasteiger partial charge in [-0.3, -0.25) is 14.9 Å². The number of hydrogen-bond acceptors (Lipinski definition) is 4. The molecule has 0 saturated heterocycles. The van der Waals surface area contributed by atoms with Crippen molar-refractivity contribution >= 4 is 17.3 Å². The quantitative estimate of drug-likeness (QED) is 0.499. The second-order valence-electron chi connectivity index (χ2n) is 5.04. The lowest BCUT2D eigenvalue weighted by atomic mass is 10.2. The molecule has 6 nitrogen and oxygen atoms in total. The van der Waals surface area contributed by atoms with Crippen molar-refractivity contribution in [1.29, 1.82) is 0 Å². The zero-order chi connectivity index (χ0) is 16.8. The average molecular weight is 312 g/mol. The van der Waals surface area contributed by atoms with Gasteiger partial charge in [0.2, 0.25) is 0 Å². The van der Waals surface area contributed by atoms with E-state index < -0.39 is 10.8 Å². The van der Waals surface area contributed by atoms with Crippen LogP contribution in [-0.4, -0.2) is 17.4 Å². The van der Waals surface area contributed by atoms with Crippen LogP contribution in [-0.2, 0) is 0 Å². The van der Waals surface area contributed by atoms with Gasteiger partial charge in [0.25, 0.3) is 11.6 Å². The molecule has 0 fully saturated rings. The molecule has 0 radical (unpaired) electrons. The van der Waals surface area contributed by atoms with Gasteiger partial charge in [-0.05, 0) is 30.7 Å². The number of nitro benzene ring substituents is 1. The van der Waals surface area contributed by atoms with Gasteiger partial charge in [-0.15, -0.1) is 0 Å². The lowest BCUT2D eigenvalue weighted by molar-refractivity contribution is -0.384. The van der Waals surface area contributed by atoms with Crippen LogP contribution in [0.15, 0.2) is 60.7 Å². The fraction of sp³-hybridized carbons (Fsp3) is 0.118. The number of hydrogen-bond donors (Lipinski definition) is 1. The van der Waals surface area contributed by atoms with E-state index in [-0.39, 0.29) is 11.3 Å². The Hall–Kier alpha value is -3.15. The molecular formula is C17H16N2O4. The van der Waals surface area contributed by atoms with Gasteiger partial charge >= 0.3 is 0 Å². The van der Waals surface area contributed by atoms with Gasteiger partial charge in [-0.25, -0.2) is 0 Å². The van der Waals surface area contributed by atoms with Crippen LogP contribution < -0.4 is 10.1 Å². The van der Waals surface area contributed by atoms with E-state index in [4.69, 9.17) is 4.74 Å². The third kappa shape index (κ3) is 4.67. The van der Waals surface area contributed by atoms with Crippen molar-refractivity contribution < 1.29 is 14.5 Å². The minimum atomic E-state index is -0.539. The molecule has 0 aliphatic carbocycles. The van der Waals surface area contributed by atoms with Crippen molar-refractivity contribution in [2.75, 3.05) is 11.9 Å². The SMILES string of the molecule is C=C(C)COc1cccc(NC(=O)c2cccc([N+](=O)[O-])c2)c1. The predicted octanol–water partition coefficient (Wildman–Crippen LogP) is 3.80. The summed E-state index contributed by atoms with van der Waals surface area (Å²) in [6.07, 6.45) is 0. The Labute approximate surface area is 133 Å².